The van der Waals surface area contributed by atoms with Crippen molar-refractivity contribution < 1.29 is 48.0 Å². The summed E-state index contributed by atoms with van der Waals surface area (Å²) in [6.45, 7) is 6.76. The van der Waals surface area contributed by atoms with Crippen molar-refractivity contribution >= 4 is 92.8 Å². The number of para-hydroxylation sites is 2. The Morgan fingerprint density at radius 1 is 0.559 bits per heavy atom. The van der Waals surface area contributed by atoms with E-state index in [0.29, 0.717) is 39.6 Å². The highest BCUT2D eigenvalue weighted by Gasteiger charge is 2.21. The number of aromatic nitrogens is 6. The van der Waals surface area contributed by atoms with Crippen molar-refractivity contribution in [3.05, 3.63) is 108 Å². The summed E-state index contributed by atoms with van der Waals surface area (Å²) in [6, 6.07) is 27.4. The number of aliphatic hydroxyl groups is 4. The fourth-order valence-electron chi connectivity index (χ4n) is 6.57. The number of nitrogens with zero attached hydrogens (tertiary/aromatic N) is 8. The van der Waals surface area contributed by atoms with Crippen LogP contribution in [0.1, 0.15) is 38.8 Å². The molecule has 0 saturated heterocycles. The molecule has 0 aliphatic heterocycles. The van der Waals surface area contributed by atoms with Crippen LogP contribution in [0.3, 0.4) is 0 Å². The van der Waals surface area contributed by atoms with Gasteiger partial charge in [0, 0.05) is 53.8 Å². The second-order valence-corrected chi connectivity index (χ2v) is 17.7. The van der Waals surface area contributed by atoms with Gasteiger partial charge >= 0.3 is 0 Å². The number of aliphatic hydroxyl groups excluding tert-OH is 4. The molecule has 2 heterocycles. The molecular formula is C44H52N12O10S2. The quantitative estimate of drug-likeness (QED) is 0.0109. The van der Waals surface area contributed by atoms with E-state index in [1.54, 1.807) is 80.0 Å². The standard InChI is InChI=1S/C44H52N12O10S2/c1-27(57)23-55(24-28(2)58)43-51-39(45-33-11-7-5-8-12-33)49-41(53-43)47-35-19-17-31(37(21-35)67-66-65-61)15-16-32-18-20-36(22-38(32)68(62,63)64)48-42-50-40(46-34-13-9-6-10-14-34)52-44(54-42)56(25-29(3)59)26-30(4)60/h5-22,27-30,57-61H,23-26H2,1-4H3,(H,62,63,64)(H2,45,47,49,51,53)(H2,46,48,50,52,54). The molecule has 0 bridgehead atoms. The third-order valence-corrected chi connectivity index (χ3v) is 10.8. The van der Waals surface area contributed by atoms with Gasteiger partial charge < -0.3 is 51.5 Å². The minimum absolute atomic E-state index is 0.0189. The molecule has 0 amide bonds. The van der Waals surface area contributed by atoms with Gasteiger partial charge in [-0.1, -0.05) is 65.7 Å². The Kier molecular flexibility index (Phi) is 17.9. The number of nitrogens with one attached hydrogen (secondary N) is 4. The minimum atomic E-state index is -4.83. The second-order valence-electron chi connectivity index (χ2n) is 15.5. The molecular weight excluding hydrogens is 921 g/mol. The van der Waals surface area contributed by atoms with E-state index in [1.807, 2.05) is 48.5 Å². The van der Waals surface area contributed by atoms with Crippen LogP contribution >= 0.6 is 12.0 Å². The predicted octanol–water partition coefficient (Wildman–Crippen LogP) is 6.01. The van der Waals surface area contributed by atoms with E-state index in [-0.39, 0.29) is 73.1 Å². The molecule has 0 radical (unpaired) electrons. The summed E-state index contributed by atoms with van der Waals surface area (Å²) in [4.78, 5) is 30.3. The van der Waals surface area contributed by atoms with Crippen molar-refractivity contribution in [1.29, 1.82) is 0 Å². The van der Waals surface area contributed by atoms with Gasteiger partial charge in [-0.05, 0) is 87.4 Å². The van der Waals surface area contributed by atoms with Crippen LogP contribution in [-0.2, 0) is 19.5 Å². The molecule has 0 fully saturated rings. The van der Waals surface area contributed by atoms with Crippen LogP contribution in [0.15, 0.2) is 107 Å². The summed E-state index contributed by atoms with van der Waals surface area (Å²) >= 11 is 0.632. The Balaban J connectivity index is 1.31. The molecule has 68 heavy (non-hydrogen) atoms. The van der Waals surface area contributed by atoms with Crippen LogP contribution in [-0.4, -0.2) is 119 Å². The number of benzene rings is 4. The molecule has 360 valence electrons. The highest BCUT2D eigenvalue weighted by molar-refractivity contribution is 7.94. The van der Waals surface area contributed by atoms with Gasteiger partial charge in [0.2, 0.25) is 35.7 Å². The molecule has 4 atom stereocenters. The zero-order valence-corrected chi connectivity index (χ0v) is 38.9. The molecule has 6 aromatic rings. The summed E-state index contributed by atoms with van der Waals surface area (Å²) in [7, 11) is -4.83. The number of anilines is 10. The summed E-state index contributed by atoms with van der Waals surface area (Å²) in [5.74, 6) is 0.627. The van der Waals surface area contributed by atoms with Crippen molar-refractivity contribution in [2.24, 2.45) is 0 Å². The van der Waals surface area contributed by atoms with Gasteiger partial charge in [-0.3, -0.25) is 4.55 Å². The van der Waals surface area contributed by atoms with Gasteiger partial charge in [-0.15, -0.1) is 4.33 Å². The smallest absolute Gasteiger partial charge is 0.295 e. The number of rotatable bonds is 24. The zero-order valence-electron chi connectivity index (χ0n) is 37.2. The molecule has 4 unspecified atom stereocenters. The van der Waals surface area contributed by atoms with Gasteiger partial charge in [-0.25, -0.2) is 5.26 Å². The SMILES string of the molecule is CC(O)CN(CC(C)O)c1nc(Nc2ccccc2)nc(Nc2ccc(C=Cc3ccc(Nc4nc(Nc5ccccc5)nc(N(CC(C)O)CC(C)O)n4)cc3S(=O)(=O)O)c(SOOO)c2)n1. The lowest BCUT2D eigenvalue weighted by atomic mass is 10.1. The topological polar surface area (TPSA) is 306 Å². The maximum Gasteiger partial charge on any atom is 0.295 e. The van der Waals surface area contributed by atoms with Gasteiger partial charge in [0.1, 0.15) is 4.90 Å². The van der Waals surface area contributed by atoms with E-state index in [1.165, 1.54) is 18.2 Å². The van der Waals surface area contributed by atoms with Crippen molar-refractivity contribution in [2.45, 2.75) is 61.9 Å². The first kappa shape index (κ1) is 50.8. The molecule has 24 heteroatoms. The highest BCUT2D eigenvalue weighted by Crippen LogP contribution is 2.32. The fraction of sp³-hybridized carbons (Fsp3) is 0.273. The van der Waals surface area contributed by atoms with Crippen molar-refractivity contribution in [3.63, 3.8) is 0 Å². The third-order valence-electron chi connectivity index (χ3n) is 9.23. The van der Waals surface area contributed by atoms with E-state index in [9.17, 15) is 33.4 Å². The van der Waals surface area contributed by atoms with E-state index in [0.717, 1.165) is 0 Å². The zero-order chi connectivity index (χ0) is 48.8. The first-order chi connectivity index (χ1) is 32.5. The minimum Gasteiger partial charge on any atom is -0.392 e. The summed E-state index contributed by atoms with van der Waals surface area (Å²) in [6.07, 6.45) is -0.172. The summed E-state index contributed by atoms with van der Waals surface area (Å²) in [5, 5.41) is 66.2. The van der Waals surface area contributed by atoms with Crippen LogP contribution in [0, 0.1) is 0 Å². The summed E-state index contributed by atoms with van der Waals surface area (Å²) in [5.41, 5.74) is 2.52. The molecule has 0 aliphatic carbocycles. The first-order valence-corrected chi connectivity index (χ1v) is 23.2. The molecule has 22 nitrogen and oxygen atoms in total. The van der Waals surface area contributed by atoms with Gasteiger partial charge in [0.05, 0.1) is 36.5 Å². The summed E-state index contributed by atoms with van der Waals surface area (Å²) < 4.78 is 40.9. The van der Waals surface area contributed by atoms with E-state index >= 15 is 0 Å². The largest absolute Gasteiger partial charge is 0.392 e. The maximum absolute atomic E-state index is 12.9. The first-order valence-electron chi connectivity index (χ1n) is 21.0. The highest BCUT2D eigenvalue weighted by atomic mass is 32.2. The fourth-order valence-corrected chi connectivity index (χ4v) is 7.79. The van der Waals surface area contributed by atoms with E-state index in [4.69, 9.17) is 9.59 Å². The molecule has 6 rings (SSSR count). The Bertz CT molecular complexity index is 2700. The Morgan fingerprint density at radius 2 is 0.941 bits per heavy atom. The van der Waals surface area contributed by atoms with E-state index < -0.39 is 39.4 Å². The van der Waals surface area contributed by atoms with Crippen LogP contribution in [0.4, 0.5) is 58.4 Å². The molecule has 0 spiro atoms. The van der Waals surface area contributed by atoms with Gasteiger partial charge in [0.25, 0.3) is 10.1 Å². The maximum atomic E-state index is 12.9. The average molecular weight is 973 g/mol. The number of hydrogen-bond acceptors (Lipinski definition) is 22. The number of hydrogen-bond donors (Lipinski definition) is 10. The van der Waals surface area contributed by atoms with Gasteiger partial charge in [-0.2, -0.15) is 38.3 Å². The van der Waals surface area contributed by atoms with Crippen molar-refractivity contribution in [2.75, 3.05) is 57.2 Å². The van der Waals surface area contributed by atoms with Crippen molar-refractivity contribution in [1.82, 2.24) is 29.9 Å². The van der Waals surface area contributed by atoms with Crippen LogP contribution in [0.5, 0.6) is 0 Å². The Morgan fingerprint density at radius 3 is 1.34 bits per heavy atom. The van der Waals surface area contributed by atoms with Crippen LogP contribution < -0.4 is 31.1 Å². The average Bonchev–Trinajstić information content (AvgIpc) is 3.27. The van der Waals surface area contributed by atoms with Gasteiger partial charge in [0.15, 0.2) is 0 Å². The van der Waals surface area contributed by atoms with Crippen molar-refractivity contribution in [3.8, 4) is 0 Å². The second kappa shape index (κ2) is 23.9. The predicted molar refractivity (Wildman–Crippen MR) is 259 cm³/mol. The Labute approximate surface area is 396 Å². The molecule has 0 saturated carbocycles. The Hall–Kier alpha value is -6.58. The van der Waals surface area contributed by atoms with Crippen LogP contribution in [0.2, 0.25) is 0 Å². The van der Waals surface area contributed by atoms with Crippen LogP contribution in [0.25, 0.3) is 12.2 Å². The lowest BCUT2D eigenvalue weighted by Gasteiger charge is -2.26. The lowest BCUT2D eigenvalue weighted by molar-refractivity contribution is -0.432. The lowest BCUT2D eigenvalue weighted by Crippen LogP contribution is -2.37. The van der Waals surface area contributed by atoms with E-state index in [2.05, 4.69) is 56.2 Å². The third kappa shape index (κ3) is 15.5. The normalized spacial score (nSPS) is 13.4. The molecule has 10 N–H and O–H groups in total. The monoisotopic (exact) mass is 972 g/mol. The molecule has 0 aliphatic rings. The molecule has 4 aromatic carbocycles. The molecule has 2 aromatic heterocycles.